The number of hydrogen-bond donors (Lipinski definition) is 1. The SMILES string of the molecule is O=C(NCc1nc(-c2ccc(Cl)cc2)no1)c1ccc(F)c(C(F)(F)F)c1. The summed E-state index contributed by atoms with van der Waals surface area (Å²) < 4.78 is 56.4. The lowest BCUT2D eigenvalue weighted by molar-refractivity contribution is -0.140. The van der Waals surface area contributed by atoms with Gasteiger partial charge in [-0.15, -0.1) is 0 Å². The van der Waals surface area contributed by atoms with Crippen LogP contribution in [0.5, 0.6) is 0 Å². The number of aromatic nitrogens is 2. The van der Waals surface area contributed by atoms with Crippen LogP contribution in [0.15, 0.2) is 47.0 Å². The molecule has 140 valence electrons. The Balaban J connectivity index is 1.69. The number of amides is 1. The predicted molar refractivity (Wildman–Crippen MR) is 87.3 cm³/mol. The number of halogens is 5. The van der Waals surface area contributed by atoms with Gasteiger partial charge in [0.25, 0.3) is 5.91 Å². The lowest BCUT2D eigenvalue weighted by Crippen LogP contribution is -2.23. The zero-order valence-corrected chi connectivity index (χ0v) is 14.1. The van der Waals surface area contributed by atoms with E-state index in [2.05, 4.69) is 15.5 Å². The van der Waals surface area contributed by atoms with E-state index < -0.39 is 23.5 Å². The molecule has 10 heteroatoms. The van der Waals surface area contributed by atoms with E-state index in [0.29, 0.717) is 22.7 Å². The lowest BCUT2D eigenvalue weighted by atomic mass is 10.1. The average molecular weight is 400 g/mol. The summed E-state index contributed by atoms with van der Waals surface area (Å²) >= 11 is 5.79. The molecule has 0 spiro atoms. The summed E-state index contributed by atoms with van der Waals surface area (Å²) in [6.45, 7) is -0.210. The fourth-order valence-electron chi connectivity index (χ4n) is 2.18. The van der Waals surface area contributed by atoms with Crippen molar-refractivity contribution < 1.29 is 26.9 Å². The maximum Gasteiger partial charge on any atom is 0.419 e. The first-order valence-corrected chi connectivity index (χ1v) is 7.85. The second-order valence-electron chi connectivity index (χ2n) is 5.39. The van der Waals surface area contributed by atoms with Gasteiger partial charge in [-0.1, -0.05) is 16.8 Å². The van der Waals surface area contributed by atoms with Crippen LogP contribution in [0.2, 0.25) is 5.02 Å². The van der Waals surface area contributed by atoms with Crippen molar-refractivity contribution in [2.75, 3.05) is 0 Å². The molecule has 3 rings (SSSR count). The molecule has 0 atom stereocenters. The van der Waals surface area contributed by atoms with Gasteiger partial charge in [-0.05, 0) is 42.5 Å². The number of benzene rings is 2. The number of nitrogens with zero attached hydrogens (tertiary/aromatic N) is 2. The largest absolute Gasteiger partial charge is 0.419 e. The molecule has 1 aromatic heterocycles. The first-order valence-electron chi connectivity index (χ1n) is 7.47. The average Bonchev–Trinajstić information content (AvgIpc) is 3.08. The van der Waals surface area contributed by atoms with E-state index in [1.165, 1.54) is 0 Å². The van der Waals surface area contributed by atoms with Gasteiger partial charge in [0.05, 0.1) is 12.1 Å². The van der Waals surface area contributed by atoms with E-state index in [9.17, 15) is 22.4 Å². The molecule has 0 aliphatic carbocycles. The standard InChI is InChI=1S/C17H10ClF4N3O2/c18-11-4-1-9(2-5-11)15-24-14(27-25-15)8-23-16(26)10-3-6-13(19)12(7-10)17(20,21)22/h1-7H,8H2,(H,23,26). The monoisotopic (exact) mass is 399 g/mol. The number of nitrogens with one attached hydrogen (secondary N) is 1. The third-order valence-electron chi connectivity index (χ3n) is 3.50. The normalized spacial score (nSPS) is 11.4. The van der Waals surface area contributed by atoms with Crippen LogP contribution in [-0.2, 0) is 12.7 Å². The molecule has 1 N–H and O–H groups in total. The Kier molecular flexibility index (Phi) is 5.13. The third-order valence-corrected chi connectivity index (χ3v) is 3.76. The minimum Gasteiger partial charge on any atom is -0.343 e. The first-order chi connectivity index (χ1) is 12.7. The summed E-state index contributed by atoms with van der Waals surface area (Å²) in [6, 6.07) is 8.61. The minimum absolute atomic E-state index is 0.0476. The molecule has 0 fully saturated rings. The molecule has 5 nitrogen and oxygen atoms in total. The van der Waals surface area contributed by atoms with E-state index in [1.54, 1.807) is 24.3 Å². The van der Waals surface area contributed by atoms with Crippen molar-refractivity contribution in [1.82, 2.24) is 15.5 Å². The highest BCUT2D eigenvalue weighted by atomic mass is 35.5. The summed E-state index contributed by atoms with van der Waals surface area (Å²) in [5, 5.41) is 6.62. The molecule has 1 heterocycles. The van der Waals surface area contributed by atoms with Gasteiger partial charge in [0.2, 0.25) is 11.7 Å². The van der Waals surface area contributed by atoms with Crippen LogP contribution in [0.4, 0.5) is 17.6 Å². The van der Waals surface area contributed by atoms with Crippen LogP contribution in [0.25, 0.3) is 11.4 Å². The lowest BCUT2D eigenvalue weighted by Gasteiger charge is -2.09. The molecule has 0 saturated heterocycles. The topological polar surface area (TPSA) is 68.0 Å². The first kappa shape index (κ1) is 18.8. The number of carbonyl (C=O) groups excluding carboxylic acids is 1. The Hall–Kier alpha value is -2.94. The Morgan fingerprint density at radius 1 is 1.15 bits per heavy atom. The summed E-state index contributed by atoms with van der Waals surface area (Å²) in [5.74, 6) is -1.99. The molecule has 27 heavy (non-hydrogen) atoms. The molecule has 0 saturated carbocycles. The highest BCUT2D eigenvalue weighted by Gasteiger charge is 2.34. The molecule has 1 amide bonds. The van der Waals surface area contributed by atoms with Crippen LogP contribution < -0.4 is 5.32 Å². The van der Waals surface area contributed by atoms with Gasteiger partial charge in [-0.2, -0.15) is 18.2 Å². The van der Waals surface area contributed by atoms with E-state index >= 15 is 0 Å². The molecule has 3 aromatic rings. The Labute approximate surface area is 155 Å². The van der Waals surface area contributed by atoms with Gasteiger partial charge in [0, 0.05) is 16.1 Å². The van der Waals surface area contributed by atoms with Crippen molar-refractivity contribution in [1.29, 1.82) is 0 Å². The van der Waals surface area contributed by atoms with Gasteiger partial charge >= 0.3 is 6.18 Å². The van der Waals surface area contributed by atoms with Crippen molar-refractivity contribution >= 4 is 17.5 Å². The molecule has 0 radical (unpaired) electrons. The third kappa shape index (κ3) is 4.43. The van der Waals surface area contributed by atoms with Gasteiger partial charge in [-0.3, -0.25) is 4.79 Å². The fraction of sp³-hybridized carbons (Fsp3) is 0.118. The summed E-state index contributed by atoms with van der Waals surface area (Å²) in [4.78, 5) is 16.1. The fourth-order valence-corrected chi connectivity index (χ4v) is 2.31. The van der Waals surface area contributed by atoms with Gasteiger partial charge < -0.3 is 9.84 Å². The molecule has 0 bridgehead atoms. The second kappa shape index (κ2) is 7.36. The second-order valence-corrected chi connectivity index (χ2v) is 5.83. The number of hydrogen-bond acceptors (Lipinski definition) is 4. The smallest absolute Gasteiger partial charge is 0.343 e. The van der Waals surface area contributed by atoms with Crippen molar-refractivity contribution in [2.45, 2.75) is 12.7 Å². The Morgan fingerprint density at radius 3 is 2.52 bits per heavy atom. The molecule has 0 aliphatic rings. The Bertz CT molecular complexity index is 971. The molecule has 0 unspecified atom stereocenters. The quantitative estimate of drug-likeness (QED) is 0.657. The molecular formula is C17H10ClF4N3O2. The van der Waals surface area contributed by atoms with Crippen LogP contribution in [-0.4, -0.2) is 16.0 Å². The highest BCUT2D eigenvalue weighted by Crippen LogP contribution is 2.31. The van der Waals surface area contributed by atoms with Crippen molar-refractivity contribution in [3.05, 3.63) is 70.3 Å². The van der Waals surface area contributed by atoms with E-state index in [0.717, 1.165) is 6.07 Å². The van der Waals surface area contributed by atoms with E-state index in [1.807, 2.05) is 0 Å². The van der Waals surface area contributed by atoms with E-state index in [4.69, 9.17) is 16.1 Å². The summed E-state index contributed by atoms with van der Waals surface area (Å²) in [5.41, 5.74) is -1.23. The number of rotatable bonds is 4. The maximum atomic E-state index is 13.3. The maximum absolute atomic E-state index is 13.3. The van der Waals surface area contributed by atoms with Crippen molar-refractivity contribution in [3.63, 3.8) is 0 Å². The van der Waals surface area contributed by atoms with Gasteiger partial charge in [0.15, 0.2) is 0 Å². The summed E-state index contributed by atoms with van der Waals surface area (Å²) in [7, 11) is 0. The van der Waals surface area contributed by atoms with Gasteiger partial charge in [0.1, 0.15) is 5.82 Å². The van der Waals surface area contributed by atoms with E-state index in [-0.39, 0.29) is 23.8 Å². The molecule has 2 aromatic carbocycles. The zero-order valence-electron chi connectivity index (χ0n) is 13.3. The van der Waals surface area contributed by atoms with Gasteiger partial charge in [-0.25, -0.2) is 4.39 Å². The summed E-state index contributed by atoms with van der Waals surface area (Å²) in [6.07, 6.45) is -4.90. The van der Waals surface area contributed by atoms with Crippen LogP contribution in [0.3, 0.4) is 0 Å². The van der Waals surface area contributed by atoms with Crippen molar-refractivity contribution in [2.24, 2.45) is 0 Å². The number of carbonyl (C=O) groups is 1. The van der Waals surface area contributed by atoms with Crippen molar-refractivity contribution in [3.8, 4) is 11.4 Å². The predicted octanol–water partition coefficient (Wildman–Crippen LogP) is 4.48. The minimum atomic E-state index is -4.90. The van der Waals surface area contributed by atoms with Crippen LogP contribution in [0.1, 0.15) is 21.8 Å². The number of alkyl halides is 3. The molecule has 0 aliphatic heterocycles. The van der Waals surface area contributed by atoms with Crippen LogP contribution in [0, 0.1) is 5.82 Å². The highest BCUT2D eigenvalue weighted by molar-refractivity contribution is 6.30. The van der Waals surface area contributed by atoms with Crippen LogP contribution >= 0.6 is 11.6 Å². The zero-order chi connectivity index (χ0) is 19.6. The Morgan fingerprint density at radius 2 is 1.85 bits per heavy atom. The molecular weight excluding hydrogens is 390 g/mol.